The monoisotopic (exact) mass is 535 g/mol. The Morgan fingerprint density at radius 2 is 1.97 bits per heavy atom. The summed E-state index contributed by atoms with van der Waals surface area (Å²) in [6.45, 7) is 2.81. The first-order valence-electron chi connectivity index (χ1n) is 13.9. The number of aromatic nitrogens is 2. The maximum Gasteiger partial charge on any atom is 0.275 e. The third-order valence-corrected chi connectivity index (χ3v) is 7.92. The minimum atomic E-state index is -0.790. The molecule has 0 radical (unpaired) electrons. The number of nitrogens with one attached hydrogen (secondary N) is 2. The molecule has 39 heavy (non-hydrogen) atoms. The van der Waals surface area contributed by atoms with E-state index in [1.165, 1.54) is 7.11 Å². The number of carbonyl (C=O) groups excluding carboxylic acids is 1. The highest BCUT2D eigenvalue weighted by atomic mass is 19.1. The van der Waals surface area contributed by atoms with Crippen molar-refractivity contribution in [3.8, 4) is 17.0 Å². The number of carbonyl (C=O) groups is 1. The number of methoxy groups -OCH3 is 1. The number of halogens is 1. The average molecular weight is 536 g/mol. The Kier molecular flexibility index (Phi) is 8.47. The topological polar surface area (TPSA) is 91.7 Å². The molecule has 1 amide bonds. The number of aliphatic hydroxyl groups is 1. The number of imidazole rings is 1. The molecule has 1 saturated heterocycles. The van der Waals surface area contributed by atoms with Crippen LogP contribution in [0.5, 0.6) is 5.75 Å². The summed E-state index contributed by atoms with van der Waals surface area (Å²) >= 11 is 0. The van der Waals surface area contributed by atoms with Gasteiger partial charge < -0.3 is 29.9 Å². The average Bonchev–Trinajstić information content (AvgIpc) is 3.37. The fourth-order valence-corrected chi connectivity index (χ4v) is 5.84. The lowest BCUT2D eigenvalue weighted by molar-refractivity contribution is -0.0111. The molecule has 2 heterocycles. The molecule has 0 bridgehead atoms. The van der Waals surface area contributed by atoms with Gasteiger partial charge in [-0.3, -0.25) is 4.79 Å². The van der Waals surface area contributed by atoms with E-state index in [1.807, 2.05) is 39.8 Å². The van der Waals surface area contributed by atoms with Gasteiger partial charge in [0.1, 0.15) is 0 Å². The van der Waals surface area contributed by atoms with Gasteiger partial charge in [-0.05, 0) is 31.4 Å². The molecule has 1 aliphatic carbocycles. The van der Waals surface area contributed by atoms with Crippen molar-refractivity contribution in [3.05, 3.63) is 66.4 Å². The number of nitrogens with zero attached hydrogens (tertiary/aromatic N) is 3. The Hall–Kier alpha value is -3.43. The summed E-state index contributed by atoms with van der Waals surface area (Å²) in [5.41, 5.74) is 1.63. The lowest BCUT2D eigenvalue weighted by Crippen LogP contribution is -2.54. The van der Waals surface area contributed by atoms with Crippen LogP contribution in [0.3, 0.4) is 0 Å². The minimum absolute atomic E-state index is 0.0799. The molecule has 3 aromatic rings. The van der Waals surface area contributed by atoms with Crippen molar-refractivity contribution < 1.29 is 19.0 Å². The second kappa shape index (κ2) is 12.2. The van der Waals surface area contributed by atoms with Crippen LogP contribution in [0.1, 0.15) is 49.0 Å². The van der Waals surface area contributed by atoms with Crippen LogP contribution >= 0.6 is 0 Å². The predicted molar refractivity (Wildman–Crippen MR) is 149 cm³/mol. The Bertz CT molecular complexity index is 1260. The smallest absolute Gasteiger partial charge is 0.275 e. The van der Waals surface area contributed by atoms with E-state index in [0.29, 0.717) is 50.5 Å². The second-order valence-electron chi connectivity index (χ2n) is 10.6. The highest BCUT2D eigenvalue weighted by molar-refractivity contribution is 5.98. The second-order valence-corrected chi connectivity index (χ2v) is 10.6. The number of anilines is 1. The molecule has 1 aromatic heterocycles. The van der Waals surface area contributed by atoms with Gasteiger partial charge in [0, 0.05) is 37.8 Å². The molecule has 208 valence electrons. The summed E-state index contributed by atoms with van der Waals surface area (Å²) in [6.07, 6.45) is 7.00. The van der Waals surface area contributed by atoms with Crippen molar-refractivity contribution in [3.63, 3.8) is 0 Å². The van der Waals surface area contributed by atoms with Crippen LogP contribution in [0.25, 0.3) is 11.3 Å². The van der Waals surface area contributed by atoms with E-state index in [9.17, 15) is 14.3 Å². The number of ether oxygens (including phenoxy) is 1. The quantitative estimate of drug-likeness (QED) is 0.378. The molecular weight excluding hydrogens is 497 g/mol. The molecule has 1 saturated carbocycles. The Morgan fingerprint density at radius 1 is 1.18 bits per heavy atom. The number of hydrogen-bond acceptors (Lipinski definition) is 6. The first-order chi connectivity index (χ1) is 19.0. The molecule has 1 atom stereocenters. The SMILES string of the molecule is COc1cccc(NCC[C@@H]2CNCCN2C(=O)c2ncn(CC3(O)CCCCC3)c2-c2ccccc2)c1F. The van der Waals surface area contributed by atoms with Crippen molar-refractivity contribution in [2.45, 2.75) is 56.7 Å². The maximum absolute atomic E-state index is 14.6. The summed E-state index contributed by atoms with van der Waals surface area (Å²) in [5.74, 6) is -0.354. The Labute approximate surface area is 229 Å². The molecule has 2 fully saturated rings. The first-order valence-corrected chi connectivity index (χ1v) is 13.9. The van der Waals surface area contributed by atoms with E-state index in [1.54, 1.807) is 24.5 Å². The van der Waals surface area contributed by atoms with Crippen molar-refractivity contribution in [2.75, 3.05) is 38.6 Å². The van der Waals surface area contributed by atoms with Gasteiger partial charge in [0.25, 0.3) is 5.91 Å². The van der Waals surface area contributed by atoms with E-state index >= 15 is 0 Å². The van der Waals surface area contributed by atoms with Crippen LogP contribution in [-0.2, 0) is 6.54 Å². The van der Waals surface area contributed by atoms with E-state index in [0.717, 1.165) is 43.4 Å². The van der Waals surface area contributed by atoms with Crippen molar-refractivity contribution in [1.82, 2.24) is 19.8 Å². The molecule has 2 aromatic carbocycles. The number of amides is 1. The molecule has 0 spiro atoms. The molecule has 9 heteroatoms. The van der Waals surface area contributed by atoms with Gasteiger partial charge in [-0.1, -0.05) is 55.7 Å². The highest BCUT2D eigenvalue weighted by Gasteiger charge is 2.34. The summed E-state index contributed by atoms with van der Waals surface area (Å²) in [4.78, 5) is 20.5. The third kappa shape index (κ3) is 6.09. The van der Waals surface area contributed by atoms with Crippen LogP contribution in [0.15, 0.2) is 54.9 Å². The van der Waals surface area contributed by atoms with Gasteiger partial charge in [0.05, 0.1) is 37.0 Å². The zero-order valence-corrected chi connectivity index (χ0v) is 22.5. The lowest BCUT2D eigenvalue weighted by Gasteiger charge is -2.36. The lowest BCUT2D eigenvalue weighted by atomic mass is 9.84. The number of hydrogen-bond donors (Lipinski definition) is 3. The first kappa shape index (κ1) is 27.1. The van der Waals surface area contributed by atoms with Crippen molar-refractivity contribution in [2.24, 2.45) is 0 Å². The fourth-order valence-electron chi connectivity index (χ4n) is 5.84. The fraction of sp³-hybridized carbons (Fsp3) is 0.467. The van der Waals surface area contributed by atoms with E-state index < -0.39 is 11.4 Å². The van der Waals surface area contributed by atoms with Crippen molar-refractivity contribution >= 4 is 11.6 Å². The summed E-state index contributed by atoms with van der Waals surface area (Å²) in [7, 11) is 1.44. The largest absolute Gasteiger partial charge is 0.494 e. The van der Waals surface area contributed by atoms with Crippen LogP contribution in [-0.4, -0.2) is 70.4 Å². The molecule has 0 unspecified atom stereocenters. The molecule has 3 N–H and O–H groups in total. The Balaban J connectivity index is 1.36. The van der Waals surface area contributed by atoms with Gasteiger partial charge in [-0.15, -0.1) is 0 Å². The van der Waals surface area contributed by atoms with Crippen LogP contribution in [0.4, 0.5) is 10.1 Å². The standard InChI is InChI=1S/C30H38FN5O3/c1-39-25-12-8-11-24(26(25)31)33-16-13-23-19-32-17-18-36(23)29(37)27-28(22-9-4-2-5-10-22)35(21-34-27)20-30(38)14-6-3-7-15-30/h2,4-5,8-12,21,23,32-33,38H,3,6-7,13-20H2,1H3/t23-/m1/s1. The predicted octanol–water partition coefficient (Wildman–Crippen LogP) is 4.31. The van der Waals surface area contributed by atoms with Gasteiger partial charge in [-0.2, -0.15) is 0 Å². The summed E-state index contributed by atoms with van der Waals surface area (Å²) in [6, 6.07) is 14.7. The van der Waals surface area contributed by atoms with Gasteiger partial charge >= 0.3 is 0 Å². The minimum Gasteiger partial charge on any atom is -0.494 e. The number of piperazine rings is 1. The number of rotatable bonds is 9. The molecule has 1 aliphatic heterocycles. The van der Waals surface area contributed by atoms with Gasteiger partial charge in [0.15, 0.2) is 17.3 Å². The molecule has 8 nitrogen and oxygen atoms in total. The van der Waals surface area contributed by atoms with Crippen LogP contribution in [0, 0.1) is 5.82 Å². The zero-order valence-electron chi connectivity index (χ0n) is 22.5. The van der Waals surface area contributed by atoms with Crippen molar-refractivity contribution in [1.29, 1.82) is 0 Å². The summed E-state index contributed by atoms with van der Waals surface area (Å²) < 4.78 is 21.6. The molecule has 2 aliphatic rings. The van der Waals surface area contributed by atoms with E-state index in [4.69, 9.17) is 4.74 Å². The van der Waals surface area contributed by atoms with E-state index in [2.05, 4.69) is 15.6 Å². The molecular formula is C30H38FN5O3. The van der Waals surface area contributed by atoms with E-state index in [-0.39, 0.29) is 17.7 Å². The highest BCUT2D eigenvalue weighted by Crippen LogP contribution is 2.33. The zero-order chi connectivity index (χ0) is 27.2. The number of benzene rings is 2. The third-order valence-electron chi connectivity index (χ3n) is 7.92. The molecule has 5 rings (SSSR count). The van der Waals surface area contributed by atoms with Gasteiger partial charge in [-0.25, -0.2) is 9.37 Å². The maximum atomic E-state index is 14.6. The van der Waals surface area contributed by atoms with Gasteiger partial charge in [0.2, 0.25) is 0 Å². The summed E-state index contributed by atoms with van der Waals surface area (Å²) in [5, 5.41) is 17.8. The van der Waals surface area contributed by atoms with Crippen LogP contribution in [0.2, 0.25) is 0 Å². The normalized spacial score (nSPS) is 19.1. The van der Waals surface area contributed by atoms with Crippen LogP contribution < -0.4 is 15.4 Å². The Morgan fingerprint density at radius 3 is 2.74 bits per heavy atom.